The molecule has 0 fully saturated rings. The molecule has 1 aromatic rings. The van der Waals surface area contributed by atoms with E-state index < -0.39 is 0 Å². The van der Waals surface area contributed by atoms with Gasteiger partial charge in [-0.15, -0.1) is 12.4 Å². The number of hydrogen-bond donors (Lipinski definition) is 1. The van der Waals surface area contributed by atoms with Gasteiger partial charge in [0, 0.05) is 18.4 Å². The van der Waals surface area contributed by atoms with E-state index in [4.69, 9.17) is 4.74 Å². The summed E-state index contributed by atoms with van der Waals surface area (Å²) in [4.78, 5) is 0. The van der Waals surface area contributed by atoms with Gasteiger partial charge in [0.1, 0.15) is 5.75 Å². The zero-order valence-electron chi connectivity index (χ0n) is 8.46. The lowest BCUT2D eigenvalue weighted by Crippen LogP contribution is -2.00. The Balaban J connectivity index is 0.00000112. The Morgan fingerprint density at radius 1 is 1.27 bits per heavy atom. The molecule has 0 radical (unpaired) electrons. The average molecular weight is 293 g/mol. The predicted octanol–water partition coefficient (Wildman–Crippen LogP) is 2.88. The molecule has 0 amide bonds. The summed E-state index contributed by atoms with van der Waals surface area (Å²) >= 11 is 3.38. The number of fused-ring (bicyclic) bond motifs is 1. The standard InChI is InChI=1S/C11H14BrNO.ClH/c12-4-1-5-14-11-3-2-9-7-13-8-10(9)6-11;/h2-3,6,13H,1,4-5,7-8H2;1H. The minimum Gasteiger partial charge on any atom is -0.494 e. The highest BCUT2D eigenvalue weighted by atomic mass is 79.9. The molecule has 4 heteroatoms. The highest BCUT2D eigenvalue weighted by molar-refractivity contribution is 9.09. The Kier molecular flexibility index (Phi) is 5.43. The van der Waals surface area contributed by atoms with Crippen molar-refractivity contribution >= 4 is 28.3 Å². The van der Waals surface area contributed by atoms with E-state index in [0.717, 1.165) is 37.2 Å². The molecule has 1 aliphatic rings. The van der Waals surface area contributed by atoms with Gasteiger partial charge >= 0.3 is 0 Å². The van der Waals surface area contributed by atoms with Crippen LogP contribution in [0.15, 0.2) is 18.2 Å². The van der Waals surface area contributed by atoms with Gasteiger partial charge in [0.15, 0.2) is 0 Å². The molecule has 2 nitrogen and oxygen atoms in total. The summed E-state index contributed by atoms with van der Waals surface area (Å²) in [5.74, 6) is 0.994. The molecule has 1 aromatic carbocycles. The molecular weight excluding hydrogens is 277 g/mol. The quantitative estimate of drug-likeness (QED) is 0.680. The van der Waals surface area contributed by atoms with Gasteiger partial charge in [-0.1, -0.05) is 22.0 Å². The topological polar surface area (TPSA) is 21.3 Å². The highest BCUT2D eigenvalue weighted by Crippen LogP contribution is 2.21. The molecular formula is C11H15BrClNO. The second-order valence-electron chi connectivity index (χ2n) is 3.43. The van der Waals surface area contributed by atoms with Gasteiger partial charge in [0.2, 0.25) is 0 Å². The molecule has 0 aliphatic carbocycles. The lowest BCUT2D eigenvalue weighted by atomic mass is 10.1. The third-order valence-corrected chi connectivity index (χ3v) is 2.92. The molecule has 0 unspecified atom stereocenters. The molecule has 1 heterocycles. The summed E-state index contributed by atoms with van der Waals surface area (Å²) in [7, 11) is 0. The van der Waals surface area contributed by atoms with Crippen molar-refractivity contribution in [2.75, 3.05) is 11.9 Å². The minimum absolute atomic E-state index is 0. The van der Waals surface area contributed by atoms with E-state index in [1.165, 1.54) is 11.1 Å². The molecule has 0 spiro atoms. The van der Waals surface area contributed by atoms with Crippen molar-refractivity contribution in [3.05, 3.63) is 29.3 Å². The van der Waals surface area contributed by atoms with E-state index in [1.54, 1.807) is 0 Å². The Bertz CT molecular complexity index is 319. The number of hydrogen-bond acceptors (Lipinski definition) is 2. The third kappa shape index (κ3) is 3.37. The number of alkyl halides is 1. The van der Waals surface area contributed by atoms with Crippen LogP contribution in [-0.4, -0.2) is 11.9 Å². The van der Waals surface area contributed by atoms with Crippen LogP contribution in [0.1, 0.15) is 17.5 Å². The summed E-state index contributed by atoms with van der Waals surface area (Å²) in [5, 5.41) is 4.32. The maximum absolute atomic E-state index is 5.61. The van der Waals surface area contributed by atoms with Crippen molar-refractivity contribution in [2.45, 2.75) is 19.5 Å². The zero-order valence-corrected chi connectivity index (χ0v) is 10.9. The second kappa shape index (κ2) is 6.36. The zero-order chi connectivity index (χ0) is 9.80. The highest BCUT2D eigenvalue weighted by Gasteiger charge is 2.09. The van der Waals surface area contributed by atoms with Crippen LogP contribution < -0.4 is 10.1 Å². The van der Waals surface area contributed by atoms with Crippen molar-refractivity contribution in [1.82, 2.24) is 5.32 Å². The van der Waals surface area contributed by atoms with Crippen molar-refractivity contribution in [1.29, 1.82) is 0 Å². The van der Waals surface area contributed by atoms with Crippen molar-refractivity contribution in [3.63, 3.8) is 0 Å². The van der Waals surface area contributed by atoms with Crippen LogP contribution in [0.5, 0.6) is 5.75 Å². The van der Waals surface area contributed by atoms with E-state index in [0.29, 0.717) is 0 Å². The van der Waals surface area contributed by atoms with Crippen molar-refractivity contribution in [3.8, 4) is 5.75 Å². The van der Waals surface area contributed by atoms with E-state index in [1.807, 2.05) is 0 Å². The summed E-state index contributed by atoms with van der Waals surface area (Å²) < 4.78 is 5.61. The Hall–Kier alpha value is -0.250. The lowest BCUT2D eigenvalue weighted by Gasteiger charge is -2.06. The molecule has 15 heavy (non-hydrogen) atoms. The molecule has 1 aliphatic heterocycles. The monoisotopic (exact) mass is 291 g/mol. The number of nitrogens with one attached hydrogen (secondary N) is 1. The summed E-state index contributed by atoms with van der Waals surface area (Å²) in [6.07, 6.45) is 1.05. The molecule has 0 bridgehead atoms. The van der Waals surface area contributed by atoms with E-state index in [9.17, 15) is 0 Å². The van der Waals surface area contributed by atoms with Crippen LogP contribution in [0.3, 0.4) is 0 Å². The number of benzene rings is 1. The first-order valence-corrected chi connectivity index (χ1v) is 6.03. The van der Waals surface area contributed by atoms with Crippen molar-refractivity contribution < 1.29 is 4.74 Å². The summed E-state index contributed by atoms with van der Waals surface area (Å²) in [6, 6.07) is 6.35. The molecule has 84 valence electrons. The first-order valence-electron chi connectivity index (χ1n) is 4.91. The molecule has 0 saturated heterocycles. The summed E-state index contributed by atoms with van der Waals surface area (Å²) in [6.45, 7) is 2.76. The van der Waals surface area contributed by atoms with Gasteiger partial charge in [0.25, 0.3) is 0 Å². The first-order chi connectivity index (χ1) is 6.90. The Labute approximate surface area is 105 Å². The number of halogens is 2. The fourth-order valence-electron chi connectivity index (χ4n) is 1.61. The van der Waals surface area contributed by atoms with Crippen LogP contribution in [-0.2, 0) is 13.1 Å². The fourth-order valence-corrected chi connectivity index (χ4v) is 1.83. The first kappa shape index (κ1) is 12.8. The number of ether oxygens (including phenoxy) is 1. The summed E-state index contributed by atoms with van der Waals surface area (Å²) in [5.41, 5.74) is 2.78. The van der Waals surface area contributed by atoms with Crippen LogP contribution in [0.25, 0.3) is 0 Å². The maximum atomic E-state index is 5.61. The maximum Gasteiger partial charge on any atom is 0.119 e. The fraction of sp³-hybridized carbons (Fsp3) is 0.455. The molecule has 0 atom stereocenters. The van der Waals surface area contributed by atoms with Crippen LogP contribution in [0, 0.1) is 0 Å². The van der Waals surface area contributed by atoms with Crippen LogP contribution in [0.2, 0.25) is 0 Å². The second-order valence-corrected chi connectivity index (χ2v) is 4.22. The number of rotatable bonds is 4. The van der Waals surface area contributed by atoms with E-state index >= 15 is 0 Å². The predicted molar refractivity (Wildman–Crippen MR) is 68.1 cm³/mol. The van der Waals surface area contributed by atoms with Gasteiger partial charge in [-0.2, -0.15) is 0 Å². The van der Waals surface area contributed by atoms with Gasteiger partial charge in [-0.05, 0) is 29.7 Å². The Morgan fingerprint density at radius 3 is 2.87 bits per heavy atom. The molecule has 1 N–H and O–H groups in total. The Morgan fingerprint density at radius 2 is 2.07 bits per heavy atom. The lowest BCUT2D eigenvalue weighted by molar-refractivity contribution is 0.319. The molecule has 0 aromatic heterocycles. The molecule has 0 saturated carbocycles. The van der Waals surface area contributed by atoms with E-state index in [-0.39, 0.29) is 12.4 Å². The van der Waals surface area contributed by atoms with Crippen LogP contribution >= 0.6 is 28.3 Å². The normalized spacial score (nSPS) is 13.1. The smallest absolute Gasteiger partial charge is 0.119 e. The van der Waals surface area contributed by atoms with E-state index in [2.05, 4.69) is 39.4 Å². The minimum atomic E-state index is 0. The van der Waals surface area contributed by atoms with Crippen molar-refractivity contribution in [2.24, 2.45) is 0 Å². The van der Waals surface area contributed by atoms with Gasteiger partial charge in [0.05, 0.1) is 6.61 Å². The van der Waals surface area contributed by atoms with Gasteiger partial charge < -0.3 is 10.1 Å². The molecule has 2 rings (SSSR count). The third-order valence-electron chi connectivity index (χ3n) is 2.36. The van der Waals surface area contributed by atoms with Gasteiger partial charge in [-0.25, -0.2) is 0 Å². The van der Waals surface area contributed by atoms with Gasteiger partial charge in [-0.3, -0.25) is 0 Å². The average Bonchev–Trinajstić information content (AvgIpc) is 2.65. The largest absolute Gasteiger partial charge is 0.494 e. The SMILES string of the molecule is BrCCCOc1ccc2c(c1)CNC2.Cl. The van der Waals surface area contributed by atoms with Crippen LogP contribution in [0.4, 0.5) is 0 Å².